The highest BCUT2D eigenvalue weighted by Gasteiger charge is 2.18. The van der Waals surface area contributed by atoms with Crippen molar-refractivity contribution in [2.45, 2.75) is 13.3 Å². The number of carbonyl (C=O) groups excluding carboxylic acids is 1. The average molecular weight is 479 g/mol. The number of fused-ring (bicyclic) bond motifs is 1. The molecule has 0 saturated carbocycles. The molecule has 1 saturated heterocycles. The zero-order valence-corrected chi connectivity index (χ0v) is 20.1. The van der Waals surface area contributed by atoms with Crippen LogP contribution in [0.25, 0.3) is 16.9 Å². The minimum Gasteiger partial charge on any atom is -0.378 e. The van der Waals surface area contributed by atoms with Crippen molar-refractivity contribution in [2.75, 3.05) is 31.6 Å². The van der Waals surface area contributed by atoms with Crippen LogP contribution in [0, 0.1) is 11.8 Å². The van der Waals surface area contributed by atoms with Gasteiger partial charge in [0.15, 0.2) is 5.65 Å². The summed E-state index contributed by atoms with van der Waals surface area (Å²) in [6.07, 6.45) is 5.92. The van der Waals surface area contributed by atoms with E-state index >= 15 is 0 Å². The van der Waals surface area contributed by atoms with Gasteiger partial charge in [0.2, 0.25) is 0 Å². The first-order chi connectivity index (χ1) is 17.7. The number of nitrogens with zero attached hydrogens (tertiary/aromatic N) is 5. The van der Waals surface area contributed by atoms with Crippen LogP contribution in [0.3, 0.4) is 0 Å². The smallest absolute Gasteiger partial charge is 0.254 e. The molecular weight excluding hydrogens is 452 g/mol. The van der Waals surface area contributed by atoms with Gasteiger partial charge in [0.05, 0.1) is 36.5 Å². The van der Waals surface area contributed by atoms with E-state index in [4.69, 9.17) is 9.84 Å². The van der Waals surface area contributed by atoms with E-state index in [2.05, 4.69) is 40.6 Å². The molecule has 0 radical (unpaired) electrons. The fraction of sp³-hybridized carbons (Fsp3) is 0.214. The molecule has 1 aromatic carbocycles. The van der Waals surface area contributed by atoms with E-state index in [-0.39, 0.29) is 5.91 Å². The van der Waals surface area contributed by atoms with Crippen LogP contribution in [0.1, 0.15) is 34.2 Å². The summed E-state index contributed by atoms with van der Waals surface area (Å²) in [6.45, 7) is 8.19. The molecule has 1 fully saturated rings. The molecule has 180 valence electrons. The zero-order valence-electron chi connectivity index (χ0n) is 20.1. The lowest BCUT2D eigenvalue weighted by molar-refractivity contribution is 0.0303. The second-order valence-electron chi connectivity index (χ2n) is 8.28. The quantitative estimate of drug-likeness (QED) is 0.440. The van der Waals surface area contributed by atoms with Gasteiger partial charge in [0.1, 0.15) is 5.69 Å². The molecule has 0 atom stereocenters. The number of ether oxygens (including phenoxy) is 1. The second kappa shape index (κ2) is 10.4. The van der Waals surface area contributed by atoms with Crippen LogP contribution in [0.2, 0.25) is 0 Å². The Morgan fingerprint density at radius 2 is 1.92 bits per heavy atom. The summed E-state index contributed by atoms with van der Waals surface area (Å²) in [5.41, 5.74) is 6.34. The summed E-state index contributed by atoms with van der Waals surface area (Å²) >= 11 is 0. The van der Waals surface area contributed by atoms with Gasteiger partial charge in [-0.1, -0.05) is 31.6 Å². The SMILES string of the molecule is C=CNc1cc(C#Cc2cnc3ccc(-c4ccc(C(=O)N5CCOCC5)cc4)nn23)cnc1CC. The molecular formula is C28H26N6O2. The molecule has 8 nitrogen and oxygen atoms in total. The predicted molar refractivity (Wildman–Crippen MR) is 139 cm³/mol. The van der Waals surface area contributed by atoms with Gasteiger partial charge >= 0.3 is 0 Å². The zero-order chi connectivity index (χ0) is 24.9. The predicted octanol–water partition coefficient (Wildman–Crippen LogP) is 3.78. The molecule has 36 heavy (non-hydrogen) atoms. The van der Waals surface area contributed by atoms with Crippen molar-refractivity contribution >= 4 is 17.2 Å². The van der Waals surface area contributed by atoms with E-state index in [0.29, 0.717) is 43.2 Å². The van der Waals surface area contributed by atoms with Gasteiger partial charge in [-0.2, -0.15) is 5.10 Å². The Morgan fingerprint density at radius 3 is 2.67 bits per heavy atom. The lowest BCUT2D eigenvalue weighted by Crippen LogP contribution is -2.40. The molecule has 1 aliphatic rings. The Kier molecular flexibility index (Phi) is 6.74. The summed E-state index contributed by atoms with van der Waals surface area (Å²) in [4.78, 5) is 23.5. The average Bonchev–Trinajstić information content (AvgIpc) is 3.34. The lowest BCUT2D eigenvalue weighted by atomic mass is 10.1. The van der Waals surface area contributed by atoms with Crippen LogP contribution >= 0.6 is 0 Å². The van der Waals surface area contributed by atoms with Crippen LogP contribution in [-0.2, 0) is 11.2 Å². The number of pyridine rings is 1. The third-order valence-corrected chi connectivity index (χ3v) is 5.99. The molecule has 1 N–H and O–H groups in total. The fourth-order valence-electron chi connectivity index (χ4n) is 4.06. The number of amides is 1. The van der Waals surface area contributed by atoms with Gasteiger partial charge < -0.3 is 15.0 Å². The number of anilines is 1. The van der Waals surface area contributed by atoms with E-state index in [0.717, 1.165) is 34.6 Å². The summed E-state index contributed by atoms with van der Waals surface area (Å²) in [5, 5.41) is 7.87. The molecule has 1 aliphatic heterocycles. The van der Waals surface area contributed by atoms with Crippen molar-refractivity contribution in [1.82, 2.24) is 24.5 Å². The number of hydrogen-bond acceptors (Lipinski definition) is 6. The molecule has 0 aliphatic carbocycles. The number of benzene rings is 1. The lowest BCUT2D eigenvalue weighted by Gasteiger charge is -2.26. The number of imidazole rings is 1. The normalized spacial score (nSPS) is 13.2. The van der Waals surface area contributed by atoms with E-state index in [9.17, 15) is 4.79 Å². The molecule has 5 rings (SSSR count). The first-order valence-corrected chi connectivity index (χ1v) is 11.9. The van der Waals surface area contributed by atoms with Crippen LogP contribution in [-0.4, -0.2) is 56.7 Å². The van der Waals surface area contributed by atoms with Crippen molar-refractivity contribution in [3.05, 3.63) is 90.2 Å². The minimum atomic E-state index is 0.0216. The third kappa shape index (κ3) is 4.83. The third-order valence-electron chi connectivity index (χ3n) is 5.99. The monoisotopic (exact) mass is 478 g/mol. The van der Waals surface area contributed by atoms with Gasteiger partial charge in [-0.15, -0.1) is 0 Å². The maximum atomic E-state index is 12.7. The van der Waals surface area contributed by atoms with Gasteiger partial charge in [0.25, 0.3) is 5.91 Å². The molecule has 4 aromatic rings. The van der Waals surface area contributed by atoms with E-state index in [1.54, 1.807) is 23.1 Å². The standard InChI is InChI=1S/C28H26N6O2/c1-3-24-26(29-4-2)17-20(18-30-24)5-10-23-19-31-27-12-11-25(32-34(23)27)21-6-8-22(9-7-21)28(35)33-13-15-36-16-14-33/h4,6-9,11-12,17-19,29H,2-3,13-16H2,1H3. The van der Waals surface area contributed by atoms with Crippen molar-refractivity contribution in [2.24, 2.45) is 0 Å². The number of carbonyl (C=O) groups is 1. The number of morpholine rings is 1. The highest BCUT2D eigenvalue weighted by atomic mass is 16.5. The Labute approximate surface area is 209 Å². The van der Waals surface area contributed by atoms with E-state index in [1.807, 2.05) is 47.4 Å². The number of nitrogens with one attached hydrogen (secondary N) is 1. The summed E-state index contributed by atoms with van der Waals surface area (Å²) in [7, 11) is 0. The Morgan fingerprint density at radius 1 is 1.11 bits per heavy atom. The number of rotatable bonds is 5. The molecule has 8 heteroatoms. The maximum Gasteiger partial charge on any atom is 0.254 e. The first kappa shape index (κ1) is 23.3. The van der Waals surface area contributed by atoms with E-state index < -0.39 is 0 Å². The summed E-state index contributed by atoms with van der Waals surface area (Å²) < 4.78 is 7.07. The molecule has 4 heterocycles. The van der Waals surface area contributed by atoms with Crippen LogP contribution < -0.4 is 5.32 Å². The Bertz CT molecular complexity index is 1470. The molecule has 0 bridgehead atoms. The minimum absolute atomic E-state index is 0.0216. The highest BCUT2D eigenvalue weighted by molar-refractivity contribution is 5.94. The van der Waals surface area contributed by atoms with Crippen LogP contribution in [0.4, 0.5) is 5.69 Å². The first-order valence-electron chi connectivity index (χ1n) is 11.9. The van der Waals surface area contributed by atoms with Crippen molar-refractivity contribution in [3.63, 3.8) is 0 Å². The molecule has 0 spiro atoms. The van der Waals surface area contributed by atoms with Gasteiger partial charge in [-0.05, 0) is 48.9 Å². The Balaban J connectivity index is 1.40. The topological polar surface area (TPSA) is 84.7 Å². The summed E-state index contributed by atoms with van der Waals surface area (Å²) in [6, 6.07) is 13.3. The maximum absolute atomic E-state index is 12.7. The van der Waals surface area contributed by atoms with Gasteiger partial charge in [0, 0.05) is 36.0 Å². The van der Waals surface area contributed by atoms with Crippen molar-refractivity contribution < 1.29 is 9.53 Å². The number of aromatic nitrogens is 4. The van der Waals surface area contributed by atoms with Gasteiger partial charge in [-0.25, -0.2) is 9.50 Å². The fourth-order valence-corrected chi connectivity index (χ4v) is 4.06. The summed E-state index contributed by atoms with van der Waals surface area (Å²) in [5.74, 6) is 6.35. The molecule has 0 unspecified atom stereocenters. The largest absolute Gasteiger partial charge is 0.378 e. The highest BCUT2D eigenvalue weighted by Crippen LogP contribution is 2.20. The van der Waals surface area contributed by atoms with E-state index in [1.165, 1.54) is 0 Å². The van der Waals surface area contributed by atoms with Gasteiger partial charge in [-0.3, -0.25) is 9.78 Å². The number of hydrogen-bond donors (Lipinski definition) is 1. The van der Waals surface area contributed by atoms with Crippen molar-refractivity contribution in [3.8, 4) is 23.1 Å². The molecule has 1 amide bonds. The number of aryl methyl sites for hydroxylation is 1. The second-order valence-corrected chi connectivity index (χ2v) is 8.28. The Hall–Kier alpha value is -4.48. The van der Waals surface area contributed by atoms with Crippen LogP contribution in [0.15, 0.2) is 67.6 Å². The van der Waals surface area contributed by atoms with Crippen LogP contribution in [0.5, 0.6) is 0 Å². The molecule has 3 aromatic heterocycles. The van der Waals surface area contributed by atoms with Crippen molar-refractivity contribution in [1.29, 1.82) is 0 Å².